The zero-order valence-electron chi connectivity index (χ0n) is 9.17. The predicted octanol–water partition coefficient (Wildman–Crippen LogP) is 2.65. The van der Waals surface area contributed by atoms with E-state index in [-0.39, 0.29) is 5.54 Å². The van der Waals surface area contributed by atoms with Gasteiger partial charge in [-0.05, 0) is 25.8 Å². The van der Waals surface area contributed by atoms with Crippen molar-refractivity contribution >= 4 is 11.5 Å². The van der Waals surface area contributed by atoms with Crippen LogP contribution in [0.3, 0.4) is 0 Å². The molecule has 0 aromatic carbocycles. The quantitative estimate of drug-likeness (QED) is 0.773. The highest BCUT2D eigenvalue weighted by Crippen LogP contribution is 2.21. The summed E-state index contributed by atoms with van der Waals surface area (Å²) in [6.07, 6.45) is 3.90. The average molecular weight is 193 g/mol. The molecule has 3 heteroatoms. The molecule has 14 heavy (non-hydrogen) atoms. The van der Waals surface area contributed by atoms with Crippen LogP contribution in [-0.4, -0.2) is 10.5 Å². The SMILES string of the molecule is CCC(C)(CC)Nc1ccnc(N)c1. The van der Waals surface area contributed by atoms with Crippen LogP contribution >= 0.6 is 0 Å². The Bertz CT molecular complexity index is 292. The van der Waals surface area contributed by atoms with Crippen LogP contribution in [0, 0.1) is 0 Å². The number of pyridine rings is 1. The van der Waals surface area contributed by atoms with Gasteiger partial charge in [0.25, 0.3) is 0 Å². The normalized spacial score (nSPS) is 11.4. The fourth-order valence-corrected chi connectivity index (χ4v) is 1.30. The number of rotatable bonds is 4. The molecule has 0 aliphatic heterocycles. The first kappa shape index (κ1) is 10.8. The summed E-state index contributed by atoms with van der Waals surface area (Å²) >= 11 is 0. The summed E-state index contributed by atoms with van der Waals surface area (Å²) in [5.74, 6) is 0.560. The molecule has 0 spiro atoms. The van der Waals surface area contributed by atoms with Crippen molar-refractivity contribution in [1.82, 2.24) is 4.98 Å². The Balaban J connectivity index is 2.77. The molecule has 0 unspecified atom stereocenters. The minimum Gasteiger partial charge on any atom is -0.384 e. The van der Waals surface area contributed by atoms with E-state index < -0.39 is 0 Å². The monoisotopic (exact) mass is 193 g/mol. The van der Waals surface area contributed by atoms with E-state index in [9.17, 15) is 0 Å². The Morgan fingerprint density at radius 3 is 2.57 bits per heavy atom. The minimum absolute atomic E-state index is 0.147. The van der Waals surface area contributed by atoms with Gasteiger partial charge >= 0.3 is 0 Å². The number of hydrogen-bond acceptors (Lipinski definition) is 3. The molecular formula is C11H19N3. The number of nitrogen functional groups attached to an aromatic ring is 1. The lowest BCUT2D eigenvalue weighted by Crippen LogP contribution is -2.32. The van der Waals surface area contributed by atoms with Gasteiger partial charge in [0.1, 0.15) is 5.82 Å². The number of hydrogen-bond donors (Lipinski definition) is 2. The van der Waals surface area contributed by atoms with Gasteiger partial charge in [0.05, 0.1) is 0 Å². The smallest absolute Gasteiger partial charge is 0.125 e. The maximum absolute atomic E-state index is 5.61. The van der Waals surface area contributed by atoms with Gasteiger partial charge in [0.15, 0.2) is 0 Å². The highest BCUT2D eigenvalue weighted by atomic mass is 15.0. The van der Waals surface area contributed by atoms with Crippen LogP contribution < -0.4 is 11.1 Å². The topological polar surface area (TPSA) is 50.9 Å². The third kappa shape index (κ3) is 2.62. The molecule has 0 amide bonds. The zero-order chi connectivity index (χ0) is 10.6. The number of anilines is 2. The molecule has 0 saturated heterocycles. The molecular weight excluding hydrogens is 174 g/mol. The fraction of sp³-hybridized carbons (Fsp3) is 0.545. The summed E-state index contributed by atoms with van der Waals surface area (Å²) < 4.78 is 0. The summed E-state index contributed by atoms with van der Waals surface area (Å²) in [5.41, 5.74) is 6.80. The largest absolute Gasteiger partial charge is 0.384 e. The molecule has 0 saturated carbocycles. The van der Waals surface area contributed by atoms with Crippen molar-refractivity contribution in [3.8, 4) is 0 Å². The lowest BCUT2D eigenvalue weighted by atomic mass is 9.95. The second kappa shape index (κ2) is 4.31. The van der Waals surface area contributed by atoms with Crippen LogP contribution in [0.2, 0.25) is 0 Å². The first-order valence-electron chi connectivity index (χ1n) is 5.09. The van der Waals surface area contributed by atoms with Crippen LogP contribution in [0.4, 0.5) is 11.5 Å². The first-order chi connectivity index (χ1) is 6.59. The van der Waals surface area contributed by atoms with Crippen molar-refractivity contribution in [2.75, 3.05) is 11.1 Å². The van der Waals surface area contributed by atoms with Crippen molar-refractivity contribution in [1.29, 1.82) is 0 Å². The van der Waals surface area contributed by atoms with Crippen LogP contribution in [-0.2, 0) is 0 Å². The second-order valence-corrected chi connectivity index (χ2v) is 3.86. The molecule has 3 nitrogen and oxygen atoms in total. The molecule has 78 valence electrons. The first-order valence-corrected chi connectivity index (χ1v) is 5.09. The average Bonchev–Trinajstić information content (AvgIpc) is 2.18. The van der Waals surface area contributed by atoms with Gasteiger partial charge in [0, 0.05) is 23.5 Å². The molecule has 3 N–H and O–H groups in total. The molecule has 0 radical (unpaired) electrons. The van der Waals surface area contributed by atoms with Gasteiger partial charge in [0.2, 0.25) is 0 Å². The second-order valence-electron chi connectivity index (χ2n) is 3.86. The summed E-state index contributed by atoms with van der Waals surface area (Å²) in [4.78, 5) is 3.96. The van der Waals surface area contributed by atoms with E-state index in [1.807, 2.05) is 12.1 Å². The van der Waals surface area contributed by atoms with Gasteiger partial charge in [-0.15, -0.1) is 0 Å². The Morgan fingerprint density at radius 2 is 2.07 bits per heavy atom. The third-order valence-electron chi connectivity index (χ3n) is 2.79. The highest BCUT2D eigenvalue weighted by Gasteiger charge is 2.18. The lowest BCUT2D eigenvalue weighted by Gasteiger charge is -2.29. The van der Waals surface area contributed by atoms with E-state index >= 15 is 0 Å². The number of nitrogens with zero attached hydrogens (tertiary/aromatic N) is 1. The van der Waals surface area contributed by atoms with E-state index in [1.165, 1.54) is 0 Å². The van der Waals surface area contributed by atoms with Crippen molar-refractivity contribution in [2.45, 2.75) is 39.2 Å². The lowest BCUT2D eigenvalue weighted by molar-refractivity contribution is 0.478. The van der Waals surface area contributed by atoms with E-state index in [0.29, 0.717) is 5.82 Å². The number of nitrogens with two attached hydrogens (primary N) is 1. The maximum Gasteiger partial charge on any atom is 0.125 e. The van der Waals surface area contributed by atoms with E-state index in [2.05, 4.69) is 31.1 Å². The molecule has 0 fully saturated rings. The van der Waals surface area contributed by atoms with Crippen molar-refractivity contribution < 1.29 is 0 Å². The van der Waals surface area contributed by atoms with Gasteiger partial charge in [-0.1, -0.05) is 13.8 Å². The van der Waals surface area contributed by atoms with Gasteiger partial charge < -0.3 is 11.1 Å². The predicted molar refractivity (Wildman–Crippen MR) is 61.3 cm³/mol. The van der Waals surface area contributed by atoms with Crippen molar-refractivity contribution in [3.63, 3.8) is 0 Å². The van der Waals surface area contributed by atoms with Gasteiger partial charge in [-0.3, -0.25) is 0 Å². The summed E-state index contributed by atoms with van der Waals surface area (Å²) in [5, 5.41) is 3.48. The van der Waals surface area contributed by atoms with E-state index in [0.717, 1.165) is 18.5 Å². The Labute approximate surface area is 85.7 Å². The Kier molecular flexibility index (Phi) is 3.33. The van der Waals surface area contributed by atoms with E-state index in [4.69, 9.17) is 5.73 Å². The van der Waals surface area contributed by atoms with Gasteiger partial charge in [-0.25, -0.2) is 4.98 Å². The minimum atomic E-state index is 0.147. The van der Waals surface area contributed by atoms with Crippen LogP contribution in [0.25, 0.3) is 0 Å². The molecule has 1 heterocycles. The fourth-order valence-electron chi connectivity index (χ4n) is 1.30. The molecule has 0 bridgehead atoms. The van der Waals surface area contributed by atoms with Crippen molar-refractivity contribution in [3.05, 3.63) is 18.3 Å². The Morgan fingerprint density at radius 1 is 1.43 bits per heavy atom. The highest BCUT2D eigenvalue weighted by molar-refractivity contribution is 5.51. The molecule has 1 rings (SSSR count). The van der Waals surface area contributed by atoms with Crippen LogP contribution in [0.1, 0.15) is 33.6 Å². The molecule has 0 atom stereocenters. The van der Waals surface area contributed by atoms with Gasteiger partial charge in [-0.2, -0.15) is 0 Å². The maximum atomic E-state index is 5.61. The van der Waals surface area contributed by atoms with Crippen LogP contribution in [0.15, 0.2) is 18.3 Å². The number of nitrogens with one attached hydrogen (secondary N) is 1. The summed E-state index contributed by atoms with van der Waals surface area (Å²) in [6.45, 7) is 6.58. The molecule has 1 aromatic rings. The summed E-state index contributed by atoms with van der Waals surface area (Å²) in [6, 6.07) is 3.81. The van der Waals surface area contributed by atoms with E-state index in [1.54, 1.807) is 6.20 Å². The third-order valence-corrected chi connectivity index (χ3v) is 2.79. The van der Waals surface area contributed by atoms with Crippen LogP contribution in [0.5, 0.6) is 0 Å². The molecule has 0 aliphatic carbocycles. The number of aromatic nitrogens is 1. The van der Waals surface area contributed by atoms with Crippen molar-refractivity contribution in [2.24, 2.45) is 0 Å². The zero-order valence-corrected chi connectivity index (χ0v) is 9.17. The summed E-state index contributed by atoms with van der Waals surface area (Å²) in [7, 11) is 0. The Hall–Kier alpha value is -1.25. The molecule has 0 aliphatic rings. The molecule has 1 aromatic heterocycles. The standard InChI is InChI=1S/C11H19N3/c1-4-11(3,5-2)14-9-6-7-13-10(12)8-9/h6-8H,4-5H2,1-3H3,(H3,12,13,14).